The summed E-state index contributed by atoms with van der Waals surface area (Å²) in [5, 5.41) is 9.30. The first-order valence-corrected chi connectivity index (χ1v) is 4.94. The monoisotopic (exact) mass is 170 g/mol. The number of aliphatic hydroxyl groups excluding tert-OH is 1. The highest BCUT2D eigenvalue weighted by molar-refractivity contribution is 5.82. The predicted molar refractivity (Wildman–Crippen MR) is 47.9 cm³/mol. The highest BCUT2D eigenvalue weighted by atomic mass is 16.3. The van der Waals surface area contributed by atoms with E-state index in [-0.39, 0.29) is 5.78 Å². The van der Waals surface area contributed by atoms with E-state index in [1.165, 1.54) is 12.8 Å². The number of ketones is 1. The molecule has 12 heavy (non-hydrogen) atoms. The van der Waals surface area contributed by atoms with E-state index < -0.39 is 6.10 Å². The van der Waals surface area contributed by atoms with Gasteiger partial charge < -0.3 is 5.11 Å². The maximum atomic E-state index is 11.2. The Morgan fingerprint density at radius 3 is 2.75 bits per heavy atom. The Kier molecular flexibility index (Phi) is 3.73. The summed E-state index contributed by atoms with van der Waals surface area (Å²) < 4.78 is 0. The summed E-state index contributed by atoms with van der Waals surface area (Å²) in [6, 6.07) is 0. The maximum Gasteiger partial charge on any atom is 0.161 e. The lowest BCUT2D eigenvalue weighted by Gasteiger charge is -2.06. The van der Waals surface area contributed by atoms with Crippen molar-refractivity contribution in [2.24, 2.45) is 5.92 Å². The van der Waals surface area contributed by atoms with E-state index >= 15 is 0 Å². The lowest BCUT2D eigenvalue weighted by atomic mass is 10.0. The quantitative estimate of drug-likeness (QED) is 0.661. The van der Waals surface area contributed by atoms with Gasteiger partial charge in [-0.1, -0.05) is 26.2 Å². The van der Waals surface area contributed by atoms with Gasteiger partial charge >= 0.3 is 0 Å². The molecule has 1 unspecified atom stereocenters. The van der Waals surface area contributed by atoms with E-state index in [9.17, 15) is 9.90 Å². The van der Waals surface area contributed by atoms with Crippen LogP contribution in [0.15, 0.2) is 0 Å². The van der Waals surface area contributed by atoms with Crippen LogP contribution in [0.2, 0.25) is 0 Å². The summed E-state index contributed by atoms with van der Waals surface area (Å²) >= 11 is 0. The molecule has 1 N–H and O–H groups in total. The summed E-state index contributed by atoms with van der Waals surface area (Å²) in [5.74, 6) is 0.839. The number of carbonyl (C=O) groups excluding carboxylic acids is 1. The molecular formula is C10H18O2. The van der Waals surface area contributed by atoms with Gasteiger partial charge in [0.05, 0.1) is 0 Å². The lowest BCUT2D eigenvalue weighted by Crippen LogP contribution is -2.19. The summed E-state index contributed by atoms with van der Waals surface area (Å²) in [5.41, 5.74) is 0. The Bertz CT molecular complexity index is 150. The van der Waals surface area contributed by atoms with E-state index in [0.717, 1.165) is 18.8 Å². The van der Waals surface area contributed by atoms with Crippen LogP contribution < -0.4 is 0 Å². The van der Waals surface area contributed by atoms with Crippen LogP contribution in [0.1, 0.15) is 45.4 Å². The molecule has 0 heterocycles. The molecule has 0 spiro atoms. The van der Waals surface area contributed by atoms with Crippen LogP contribution in [0.25, 0.3) is 0 Å². The Labute approximate surface area is 74.0 Å². The van der Waals surface area contributed by atoms with Crippen molar-refractivity contribution in [3.05, 3.63) is 0 Å². The molecule has 0 radical (unpaired) electrons. The van der Waals surface area contributed by atoms with Gasteiger partial charge in [0.25, 0.3) is 0 Å². The average molecular weight is 170 g/mol. The minimum atomic E-state index is -0.686. The fraction of sp³-hybridized carbons (Fsp3) is 0.900. The molecular weight excluding hydrogens is 152 g/mol. The smallest absolute Gasteiger partial charge is 0.161 e. The third-order valence-electron chi connectivity index (χ3n) is 2.43. The number of aliphatic hydroxyl groups is 1. The normalized spacial score (nSPS) is 19.2. The van der Waals surface area contributed by atoms with Gasteiger partial charge in [0, 0.05) is 6.42 Å². The number of hydrogen-bond acceptors (Lipinski definition) is 2. The molecule has 0 bridgehead atoms. The van der Waals surface area contributed by atoms with Gasteiger partial charge in [-0.2, -0.15) is 0 Å². The van der Waals surface area contributed by atoms with E-state index in [1.807, 2.05) is 6.92 Å². The topological polar surface area (TPSA) is 37.3 Å². The number of rotatable bonds is 6. The molecule has 1 fully saturated rings. The van der Waals surface area contributed by atoms with Crippen molar-refractivity contribution in [3.8, 4) is 0 Å². The molecule has 2 heteroatoms. The van der Waals surface area contributed by atoms with Gasteiger partial charge in [0.15, 0.2) is 5.78 Å². The summed E-state index contributed by atoms with van der Waals surface area (Å²) in [7, 11) is 0. The summed E-state index contributed by atoms with van der Waals surface area (Å²) in [6.07, 6.45) is 4.99. The molecule has 0 amide bonds. The van der Waals surface area contributed by atoms with E-state index in [0.29, 0.717) is 12.8 Å². The summed E-state index contributed by atoms with van der Waals surface area (Å²) in [4.78, 5) is 11.2. The van der Waals surface area contributed by atoms with Crippen molar-refractivity contribution >= 4 is 5.78 Å². The predicted octanol–water partition coefficient (Wildman–Crippen LogP) is 1.91. The van der Waals surface area contributed by atoms with Crippen molar-refractivity contribution in [3.63, 3.8) is 0 Å². The highest BCUT2D eigenvalue weighted by Crippen LogP contribution is 2.33. The number of hydrogen-bond donors (Lipinski definition) is 1. The Morgan fingerprint density at radius 1 is 1.58 bits per heavy atom. The molecule has 0 aromatic heterocycles. The fourth-order valence-corrected chi connectivity index (χ4v) is 1.35. The number of carbonyl (C=O) groups is 1. The van der Waals surface area contributed by atoms with Crippen molar-refractivity contribution in [2.45, 2.75) is 51.6 Å². The Morgan fingerprint density at radius 2 is 2.25 bits per heavy atom. The molecule has 1 atom stereocenters. The zero-order valence-electron chi connectivity index (χ0n) is 7.75. The molecule has 2 nitrogen and oxygen atoms in total. The molecule has 1 rings (SSSR count). The highest BCUT2D eigenvalue weighted by Gasteiger charge is 2.23. The lowest BCUT2D eigenvalue weighted by molar-refractivity contribution is -0.127. The van der Waals surface area contributed by atoms with Gasteiger partial charge in [0.2, 0.25) is 0 Å². The van der Waals surface area contributed by atoms with Crippen LogP contribution in [0.4, 0.5) is 0 Å². The van der Waals surface area contributed by atoms with Crippen molar-refractivity contribution in [2.75, 3.05) is 0 Å². The SMILES string of the molecule is CCCC(O)C(=O)CCC1CC1. The molecule has 1 aliphatic rings. The van der Waals surface area contributed by atoms with Gasteiger partial charge in [0.1, 0.15) is 6.10 Å². The van der Waals surface area contributed by atoms with Crippen molar-refractivity contribution < 1.29 is 9.90 Å². The first-order chi connectivity index (χ1) is 5.74. The molecule has 1 aliphatic carbocycles. The van der Waals surface area contributed by atoms with Crippen LogP contribution in [0.5, 0.6) is 0 Å². The van der Waals surface area contributed by atoms with Crippen LogP contribution in [0.3, 0.4) is 0 Å². The van der Waals surface area contributed by atoms with E-state index in [1.54, 1.807) is 0 Å². The van der Waals surface area contributed by atoms with Crippen LogP contribution in [0, 0.1) is 5.92 Å². The molecule has 0 aromatic rings. The summed E-state index contributed by atoms with van der Waals surface area (Å²) in [6.45, 7) is 1.98. The molecule has 70 valence electrons. The third kappa shape index (κ3) is 3.35. The first kappa shape index (κ1) is 9.72. The zero-order chi connectivity index (χ0) is 8.97. The Hall–Kier alpha value is -0.370. The fourth-order valence-electron chi connectivity index (χ4n) is 1.35. The molecule has 0 saturated heterocycles. The van der Waals surface area contributed by atoms with Crippen LogP contribution in [-0.4, -0.2) is 17.0 Å². The molecule has 0 aromatic carbocycles. The maximum absolute atomic E-state index is 11.2. The van der Waals surface area contributed by atoms with Crippen molar-refractivity contribution in [1.29, 1.82) is 0 Å². The molecule has 0 aliphatic heterocycles. The standard InChI is InChI=1S/C10H18O2/c1-2-3-9(11)10(12)7-6-8-4-5-8/h8-9,11H,2-7H2,1H3. The van der Waals surface area contributed by atoms with Crippen LogP contribution in [-0.2, 0) is 4.79 Å². The number of Topliss-reactive ketones (excluding diaryl/α,β-unsaturated/α-hetero) is 1. The van der Waals surface area contributed by atoms with Gasteiger partial charge in [-0.3, -0.25) is 4.79 Å². The zero-order valence-corrected chi connectivity index (χ0v) is 7.75. The largest absolute Gasteiger partial charge is 0.385 e. The second kappa shape index (κ2) is 4.61. The van der Waals surface area contributed by atoms with Gasteiger partial charge in [-0.25, -0.2) is 0 Å². The Balaban J connectivity index is 2.07. The van der Waals surface area contributed by atoms with Crippen molar-refractivity contribution in [1.82, 2.24) is 0 Å². The van der Waals surface area contributed by atoms with E-state index in [4.69, 9.17) is 0 Å². The van der Waals surface area contributed by atoms with Gasteiger partial charge in [-0.15, -0.1) is 0 Å². The average Bonchev–Trinajstić information content (AvgIpc) is 2.83. The first-order valence-electron chi connectivity index (χ1n) is 4.94. The minimum absolute atomic E-state index is 0.0451. The minimum Gasteiger partial charge on any atom is -0.385 e. The molecule has 1 saturated carbocycles. The van der Waals surface area contributed by atoms with Crippen LogP contribution >= 0.6 is 0 Å². The second-order valence-corrected chi connectivity index (χ2v) is 3.75. The third-order valence-corrected chi connectivity index (χ3v) is 2.43. The van der Waals surface area contributed by atoms with Gasteiger partial charge in [-0.05, 0) is 18.8 Å². The second-order valence-electron chi connectivity index (χ2n) is 3.75. The van der Waals surface area contributed by atoms with E-state index in [2.05, 4.69) is 0 Å².